The third kappa shape index (κ3) is 4.94. The van der Waals surface area contributed by atoms with Gasteiger partial charge in [0.2, 0.25) is 5.82 Å². The second-order valence-corrected chi connectivity index (χ2v) is 7.50. The highest BCUT2D eigenvalue weighted by atomic mass is 35.5. The Balaban J connectivity index is 1.38. The fraction of sp³-hybridized carbons (Fsp3) is 0.526. The molecule has 1 aromatic heterocycles. The van der Waals surface area contributed by atoms with Crippen molar-refractivity contribution in [2.75, 3.05) is 49.5 Å². The van der Waals surface area contributed by atoms with Gasteiger partial charge in [0.25, 0.3) is 5.56 Å². The third-order valence-corrected chi connectivity index (χ3v) is 5.30. The Labute approximate surface area is 169 Å². The van der Waals surface area contributed by atoms with E-state index in [1.807, 2.05) is 18.2 Å². The minimum atomic E-state index is -0.424. The van der Waals surface area contributed by atoms with Crippen molar-refractivity contribution in [3.63, 3.8) is 0 Å². The number of halogens is 1. The van der Waals surface area contributed by atoms with E-state index in [1.54, 1.807) is 0 Å². The fourth-order valence-electron chi connectivity index (χ4n) is 3.38. The lowest BCUT2D eigenvalue weighted by atomic mass is 10.2. The van der Waals surface area contributed by atoms with Gasteiger partial charge in [-0.25, -0.2) is 9.48 Å². The number of nitrogens with zero attached hydrogens (tertiary/aromatic N) is 5. The molecule has 0 aliphatic carbocycles. The first-order valence-corrected chi connectivity index (χ1v) is 9.94. The van der Waals surface area contributed by atoms with Crippen molar-refractivity contribution >= 4 is 23.1 Å². The molecule has 1 saturated heterocycles. The zero-order chi connectivity index (χ0) is 20.1. The van der Waals surface area contributed by atoms with Crippen LogP contribution in [0.3, 0.4) is 0 Å². The molecule has 8 nitrogen and oxygen atoms in total. The molecular formula is C19H27ClN6O2. The molecule has 1 N–H and O–H groups in total. The van der Waals surface area contributed by atoms with E-state index >= 15 is 0 Å². The van der Waals surface area contributed by atoms with Crippen LogP contribution in [0, 0.1) is 0 Å². The predicted molar refractivity (Wildman–Crippen MR) is 113 cm³/mol. The van der Waals surface area contributed by atoms with Crippen LogP contribution >= 0.6 is 11.6 Å². The van der Waals surface area contributed by atoms with Gasteiger partial charge < -0.3 is 10.2 Å². The number of benzene rings is 1. The Hall–Kier alpha value is -2.32. The lowest BCUT2D eigenvalue weighted by Gasteiger charge is -2.36. The standard InChI is InChI=1S/C19H27ClN6O2/c1-23-18(27)17(22-24(2)19(23)28)21-8-3-4-9-25-10-12-26(13-11-25)16-7-5-6-15(20)14-16/h5-7,14H,3-4,8-13H2,1-2H3,(H,21,22). The number of rotatable bonds is 7. The lowest BCUT2D eigenvalue weighted by molar-refractivity contribution is 0.254. The maximum absolute atomic E-state index is 12.0. The van der Waals surface area contributed by atoms with Gasteiger partial charge in [-0.3, -0.25) is 14.3 Å². The molecule has 0 atom stereocenters. The van der Waals surface area contributed by atoms with E-state index in [9.17, 15) is 9.59 Å². The van der Waals surface area contributed by atoms with Crippen LogP contribution in [0.5, 0.6) is 0 Å². The molecule has 1 fully saturated rings. The molecule has 0 spiro atoms. The quantitative estimate of drug-likeness (QED) is 0.695. The first-order chi connectivity index (χ1) is 13.5. The van der Waals surface area contributed by atoms with Crippen LogP contribution in [0.2, 0.25) is 5.02 Å². The van der Waals surface area contributed by atoms with Crippen molar-refractivity contribution in [2.24, 2.45) is 14.1 Å². The van der Waals surface area contributed by atoms with E-state index in [4.69, 9.17) is 11.6 Å². The fourth-order valence-corrected chi connectivity index (χ4v) is 3.56. The van der Waals surface area contributed by atoms with Crippen molar-refractivity contribution in [1.29, 1.82) is 0 Å². The van der Waals surface area contributed by atoms with E-state index in [-0.39, 0.29) is 11.4 Å². The van der Waals surface area contributed by atoms with Gasteiger partial charge in [-0.05, 0) is 37.6 Å². The summed E-state index contributed by atoms with van der Waals surface area (Å²) in [7, 11) is 3.00. The van der Waals surface area contributed by atoms with E-state index in [2.05, 4.69) is 26.3 Å². The Kier molecular flexibility index (Phi) is 6.74. The first-order valence-electron chi connectivity index (χ1n) is 9.57. The minimum absolute atomic E-state index is 0.222. The van der Waals surface area contributed by atoms with Gasteiger partial charge in [0.15, 0.2) is 0 Å². The van der Waals surface area contributed by atoms with Gasteiger partial charge in [0, 0.05) is 57.5 Å². The normalized spacial score (nSPS) is 15.0. The molecule has 0 amide bonds. The zero-order valence-electron chi connectivity index (χ0n) is 16.4. The number of piperazine rings is 1. The number of nitrogens with one attached hydrogen (secondary N) is 1. The monoisotopic (exact) mass is 406 g/mol. The molecule has 28 heavy (non-hydrogen) atoms. The maximum Gasteiger partial charge on any atom is 0.346 e. The molecule has 0 radical (unpaired) electrons. The second-order valence-electron chi connectivity index (χ2n) is 7.06. The third-order valence-electron chi connectivity index (χ3n) is 5.06. The maximum atomic E-state index is 12.0. The van der Waals surface area contributed by atoms with E-state index in [0.717, 1.165) is 55.2 Å². The highest BCUT2D eigenvalue weighted by molar-refractivity contribution is 6.30. The summed E-state index contributed by atoms with van der Waals surface area (Å²) in [6.45, 7) is 5.74. The summed E-state index contributed by atoms with van der Waals surface area (Å²) >= 11 is 6.08. The highest BCUT2D eigenvalue weighted by Gasteiger charge is 2.17. The lowest BCUT2D eigenvalue weighted by Crippen LogP contribution is -2.46. The molecule has 1 aliphatic heterocycles. The van der Waals surface area contributed by atoms with E-state index < -0.39 is 5.69 Å². The molecule has 1 aliphatic rings. The van der Waals surface area contributed by atoms with Crippen molar-refractivity contribution in [1.82, 2.24) is 19.2 Å². The molecule has 9 heteroatoms. The smallest absolute Gasteiger partial charge is 0.346 e. The van der Waals surface area contributed by atoms with Crippen LogP contribution in [0.4, 0.5) is 11.5 Å². The molecular weight excluding hydrogens is 380 g/mol. The Bertz CT molecular complexity index is 917. The molecule has 0 bridgehead atoms. The number of anilines is 2. The number of hydrogen-bond acceptors (Lipinski definition) is 6. The number of aryl methyl sites for hydroxylation is 1. The highest BCUT2D eigenvalue weighted by Crippen LogP contribution is 2.20. The number of aromatic nitrogens is 3. The van der Waals surface area contributed by atoms with Crippen LogP contribution in [0.1, 0.15) is 12.8 Å². The van der Waals surface area contributed by atoms with Crippen molar-refractivity contribution in [2.45, 2.75) is 12.8 Å². The average Bonchev–Trinajstić information content (AvgIpc) is 2.70. The molecule has 2 heterocycles. The van der Waals surface area contributed by atoms with Crippen LogP contribution in [-0.4, -0.2) is 58.5 Å². The molecule has 3 rings (SSSR count). The molecule has 1 aromatic carbocycles. The van der Waals surface area contributed by atoms with E-state index in [1.165, 1.54) is 24.5 Å². The number of hydrogen-bond donors (Lipinski definition) is 1. The molecule has 152 valence electrons. The van der Waals surface area contributed by atoms with Gasteiger partial charge >= 0.3 is 5.69 Å². The summed E-state index contributed by atoms with van der Waals surface area (Å²) in [4.78, 5) is 28.5. The topological polar surface area (TPSA) is 75.4 Å². The summed E-state index contributed by atoms with van der Waals surface area (Å²) in [6.07, 6.45) is 1.97. The van der Waals surface area contributed by atoms with Gasteiger partial charge in [0.1, 0.15) is 0 Å². The van der Waals surface area contributed by atoms with Crippen LogP contribution in [-0.2, 0) is 14.1 Å². The van der Waals surface area contributed by atoms with Crippen molar-refractivity contribution < 1.29 is 0 Å². The number of unbranched alkanes of at least 4 members (excludes halogenated alkanes) is 1. The summed E-state index contributed by atoms with van der Waals surface area (Å²) in [5, 5.41) is 7.82. The Morgan fingerprint density at radius 2 is 1.86 bits per heavy atom. The Morgan fingerprint density at radius 3 is 2.57 bits per heavy atom. The van der Waals surface area contributed by atoms with Crippen LogP contribution < -0.4 is 21.5 Å². The molecule has 0 unspecified atom stereocenters. The summed E-state index contributed by atoms with van der Waals surface area (Å²) in [5.41, 5.74) is 0.371. The van der Waals surface area contributed by atoms with Crippen LogP contribution in [0.15, 0.2) is 33.9 Å². The summed E-state index contributed by atoms with van der Waals surface area (Å²) in [5.74, 6) is 0.222. The molecule has 0 saturated carbocycles. The van der Waals surface area contributed by atoms with Crippen LogP contribution in [0.25, 0.3) is 0 Å². The minimum Gasteiger partial charge on any atom is -0.369 e. The Morgan fingerprint density at radius 1 is 1.11 bits per heavy atom. The van der Waals surface area contributed by atoms with E-state index in [0.29, 0.717) is 6.54 Å². The average molecular weight is 407 g/mol. The van der Waals surface area contributed by atoms with Gasteiger partial charge in [-0.15, -0.1) is 5.10 Å². The van der Waals surface area contributed by atoms with Gasteiger partial charge in [-0.1, -0.05) is 17.7 Å². The largest absolute Gasteiger partial charge is 0.369 e. The zero-order valence-corrected chi connectivity index (χ0v) is 17.2. The SMILES string of the molecule is Cn1nc(NCCCCN2CCN(c3cccc(Cl)c3)CC2)c(=O)n(C)c1=O. The summed E-state index contributed by atoms with van der Waals surface area (Å²) < 4.78 is 2.23. The molecule has 2 aromatic rings. The first kappa shape index (κ1) is 20.4. The van der Waals surface area contributed by atoms with Gasteiger partial charge in [0.05, 0.1) is 0 Å². The summed E-state index contributed by atoms with van der Waals surface area (Å²) in [6, 6.07) is 8.00. The van der Waals surface area contributed by atoms with Gasteiger partial charge in [-0.2, -0.15) is 0 Å². The van der Waals surface area contributed by atoms with Crippen molar-refractivity contribution in [3.8, 4) is 0 Å². The van der Waals surface area contributed by atoms with Crippen molar-refractivity contribution in [3.05, 3.63) is 50.1 Å². The predicted octanol–water partition coefficient (Wildman–Crippen LogP) is 1.15. The second kappa shape index (κ2) is 9.25.